The molecule has 1 N–H and O–H groups in total. The van der Waals surface area contributed by atoms with Crippen molar-refractivity contribution < 1.29 is 14.2 Å². The van der Waals surface area contributed by atoms with Crippen LogP contribution in [0.5, 0.6) is 5.75 Å². The average molecular weight is 380 g/mol. The number of aliphatic hydroxyl groups is 1. The number of aliphatic hydroxyl groups excluding tert-OH is 1. The van der Waals surface area contributed by atoms with Gasteiger partial charge < -0.3 is 9.84 Å². The van der Waals surface area contributed by atoms with Gasteiger partial charge in [0.1, 0.15) is 24.3 Å². The minimum absolute atomic E-state index is 0.152. The highest BCUT2D eigenvalue weighted by Gasteiger charge is 2.18. The molecular weight excluding hydrogens is 361 g/mol. The van der Waals surface area contributed by atoms with Crippen LogP contribution in [0.3, 0.4) is 0 Å². The van der Waals surface area contributed by atoms with E-state index in [1.54, 1.807) is 12.1 Å². The van der Waals surface area contributed by atoms with Crippen LogP contribution in [-0.4, -0.2) is 35.8 Å². The Hall–Kier alpha value is -1.43. The van der Waals surface area contributed by atoms with E-state index in [9.17, 15) is 9.50 Å². The zero-order valence-corrected chi connectivity index (χ0v) is 14.3. The van der Waals surface area contributed by atoms with Crippen molar-refractivity contribution in [1.82, 2.24) is 4.90 Å². The Kier molecular flexibility index (Phi) is 5.30. The summed E-state index contributed by atoms with van der Waals surface area (Å²) >= 11 is 3.10. The van der Waals surface area contributed by atoms with Crippen molar-refractivity contribution in [3.05, 3.63) is 63.9 Å². The summed E-state index contributed by atoms with van der Waals surface area (Å²) in [5.74, 6) is 0.0540. The molecule has 2 aromatic rings. The van der Waals surface area contributed by atoms with Crippen molar-refractivity contribution in [1.29, 1.82) is 0 Å². The van der Waals surface area contributed by atoms with Gasteiger partial charge in [-0.1, -0.05) is 24.3 Å². The third kappa shape index (κ3) is 4.31. The summed E-state index contributed by atoms with van der Waals surface area (Å²) in [6.07, 6.45) is 0.397. The number of hydrogen-bond donors (Lipinski definition) is 1. The van der Waals surface area contributed by atoms with Gasteiger partial charge >= 0.3 is 0 Å². The second-order valence-electron chi connectivity index (χ2n) is 5.79. The summed E-state index contributed by atoms with van der Waals surface area (Å²) in [6.45, 7) is 2.48. The van der Waals surface area contributed by atoms with Gasteiger partial charge in [0.2, 0.25) is 0 Å². The lowest BCUT2D eigenvalue weighted by Crippen LogP contribution is -2.38. The number of β-amino-alcohol motifs (C(OH)–C–C–N with tert-alkyl or cyclic N) is 1. The van der Waals surface area contributed by atoms with Crippen molar-refractivity contribution in [3.8, 4) is 5.75 Å². The molecule has 2 aromatic carbocycles. The lowest BCUT2D eigenvalue weighted by atomic mass is 10.00. The topological polar surface area (TPSA) is 32.7 Å². The van der Waals surface area contributed by atoms with Crippen LogP contribution in [0.25, 0.3) is 0 Å². The molecule has 23 heavy (non-hydrogen) atoms. The van der Waals surface area contributed by atoms with E-state index in [0.717, 1.165) is 19.5 Å². The van der Waals surface area contributed by atoms with Gasteiger partial charge in [-0.15, -0.1) is 0 Å². The highest BCUT2D eigenvalue weighted by Crippen LogP contribution is 2.21. The van der Waals surface area contributed by atoms with E-state index in [1.165, 1.54) is 17.2 Å². The molecule has 0 bridgehead atoms. The fourth-order valence-corrected chi connectivity index (χ4v) is 3.07. The summed E-state index contributed by atoms with van der Waals surface area (Å²) in [6, 6.07) is 13.0. The van der Waals surface area contributed by atoms with Crippen molar-refractivity contribution >= 4 is 15.9 Å². The Morgan fingerprint density at radius 2 is 2.00 bits per heavy atom. The number of hydrogen-bond acceptors (Lipinski definition) is 3. The van der Waals surface area contributed by atoms with Crippen molar-refractivity contribution in [2.75, 3.05) is 19.7 Å². The quantitative estimate of drug-likeness (QED) is 0.863. The molecule has 122 valence electrons. The fourth-order valence-electron chi connectivity index (χ4n) is 2.82. The summed E-state index contributed by atoms with van der Waals surface area (Å²) in [5.41, 5.74) is 2.71. The number of rotatable bonds is 5. The molecule has 1 aliphatic rings. The number of nitrogens with zero attached hydrogens (tertiary/aromatic N) is 1. The molecule has 0 aromatic heterocycles. The third-order valence-electron chi connectivity index (χ3n) is 4.01. The van der Waals surface area contributed by atoms with Crippen molar-refractivity contribution in [3.63, 3.8) is 0 Å². The number of fused-ring (bicyclic) bond motifs is 1. The Labute approximate surface area is 143 Å². The Bertz CT molecular complexity index is 680. The van der Waals surface area contributed by atoms with Crippen LogP contribution in [0.1, 0.15) is 11.1 Å². The van der Waals surface area contributed by atoms with Gasteiger partial charge in [-0.3, -0.25) is 4.90 Å². The standard InChI is InChI=1S/C18H19BrFNO2/c19-17-6-5-16(9-18(17)20)23-12-15(22)11-21-8-7-13-3-1-2-4-14(13)10-21/h1-6,9,15,22H,7-8,10-12H2. The highest BCUT2D eigenvalue weighted by molar-refractivity contribution is 9.10. The lowest BCUT2D eigenvalue weighted by Gasteiger charge is -2.30. The van der Waals surface area contributed by atoms with Crippen molar-refractivity contribution in [2.24, 2.45) is 0 Å². The zero-order valence-electron chi connectivity index (χ0n) is 12.7. The molecule has 3 rings (SSSR count). The van der Waals surface area contributed by atoms with Crippen LogP contribution in [-0.2, 0) is 13.0 Å². The van der Waals surface area contributed by atoms with Gasteiger partial charge in [0.05, 0.1) is 4.47 Å². The van der Waals surface area contributed by atoms with Gasteiger partial charge in [0, 0.05) is 25.7 Å². The van der Waals surface area contributed by atoms with Gasteiger partial charge in [-0.05, 0) is 45.6 Å². The summed E-state index contributed by atoms with van der Waals surface area (Å²) < 4.78 is 19.3. The number of ether oxygens (including phenoxy) is 1. The van der Waals surface area contributed by atoms with E-state index in [2.05, 4.69) is 39.0 Å². The first kappa shape index (κ1) is 16.4. The molecule has 3 nitrogen and oxygen atoms in total. The molecule has 0 amide bonds. The monoisotopic (exact) mass is 379 g/mol. The number of benzene rings is 2. The largest absolute Gasteiger partial charge is 0.491 e. The maximum Gasteiger partial charge on any atom is 0.141 e. The highest BCUT2D eigenvalue weighted by atomic mass is 79.9. The minimum atomic E-state index is -0.605. The minimum Gasteiger partial charge on any atom is -0.491 e. The molecule has 1 unspecified atom stereocenters. The van der Waals surface area contributed by atoms with Crippen LogP contribution in [0.2, 0.25) is 0 Å². The molecule has 0 fully saturated rings. The summed E-state index contributed by atoms with van der Waals surface area (Å²) in [5, 5.41) is 10.2. The first-order valence-electron chi connectivity index (χ1n) is 7.67. The Balaban J connectivity index is 1.50. The Morgan fingerprint density at radius 1 is 1.22 bits per heavy atom. The second kappa shape index (κ2) is 7.43. The summed E-state index contributed by atoms with van der Waals surface area (Å²) in [4.78, 5) is 2.22. The maximum absolute atomic E-state index is 13.4. The molecule has 0 saturated heterocycles. The molecule has 1 atom stereocenters. The molecular formula is C18H19BrFNO2. The van der Waals surface area contributed by atoms with E-state index in [1.807, 2.05) is 6.07 Å². The van der Waals surface area contributed by atoms with Crippen LogP contribution in [0, 0.1) is 5.82 Å². The fraction of sp³-hybridized carbons (Fsp3) is 0.333. The third-order valence-corrected chi connectivity index (χ3v) is 4.66. The molecule has 1 heterocycles. The molecule has 1 aliphatic heterocycles. The van der Waals surface area contributed by atoms with Crippen LogP contribution in [0.4, 0.5) is 4.39 Å². The van der Waals surface area contributed by atoms with Gasteiger partial charge in [0.25, 0.3) is 0 Å². The van der Waals surface area contributed by atoms with Crippen LogP contribution >= 0.6 is 15.9 Å². The number of halogens is 2. The maximum atomic E-state index is 13.4. The predicted molar refractivity (Wildman–Crippen MR) is 91.0 cm³/mol. The van der Waals surface area contributed by atoms with Crippen LogP contribution in [0.15, 0.2) is 46.9 Å². The van der Waals surface area contributed by atoms with E-state index >= 15 is 0 Å². The zero-order chi connectivity index (χ0) is 16.2. The average Bonchev–Trinajstić information content (AvgIpc) is 2.56. The molecule has 0 spiro atoms. The first-order valence-corrected chi connectivity index (χ1v) is 8.46. The van der Waals surface area contributed by atoms with Crippen molar-refractivity contribution in [2.45, 2.75) is 19.1 Å². The molecule has 5 heteroatoms. The lowest BCUT2D eigenvalue weighted by molar-refractivity contribution is 0.0636. The van der Waals surface area contributed by atoms with E-state index in [0.29, 0.717) is 16.8 Å². The predicted octanol–water partition coefficient (Wildman–Crippen LogP) is 3.39. The molecule has 0 aliphatic carbocycles. The van der Waals surface area contributed by atoms with E-state index < -0.39 is 6.10 Å². The van der Waals surface area contributed by atoms with Gasteiger partial charge in [0.15, 0.2) is 0 Å². The molecule has 0 saturated carbocycles. The molecule has 0 radical (unpaired) electrons. The summed E-state index contributed by atoms with van der Waals surface area (Å²) in [7, 11) is 0. The second-order valence-corrected chi connectivity index (χ2v) is 6.65. The first-order chi connectivity index (χ1) is 11.1. The van der Waals surface area contributed by atoms with Gasteiger partial charge in [-0.25, -0.2) is 4.39 Å². The van der Waals surface area contributed by atoms with Gasteiger partial charge in [-0.2, -0.15) is 0 Å². The van der Waals surface area contributed by atoms with E-state index in [-0.39, 0.29) is 12.4 Å². The SMILES string of the molecule is OC(COc1ccc(Br)c(F)c1)CN1CCc2ccccc2C1. The smallest absolute Gasteiger partial charge is 0.141 e. The van der Waals surface area contributed by atoms with E-state index in [4.69, 9.17) is 4.74 Å². The normalized spacial score (nSPS) is 16.0. The Morgan fingerprint density at radius 3 is 2.78 bits per heavy atom. The van der Waals surface area contributed by atoms with Crippen LogP contribution < -0.4 is 4.74 Å².